The van der Waals surface area contributed by atoms with Crippen LogP contribution in [-0.4, -0.2) is 63.5 Å². The summed E-state index contributed by atoms with van der Waals surface area (Å²) in [6, 6.07) is 10.5. The number of nitrogens with zero attached hydrogens (tertiary/aromatic N) is 5. The average molecular weight is 614 g/mol. The van der Waals surface area contributed by atoms with Crippen LogP contribution in [0.1, 0.15) is 38.7 Å². The van der Waals surface area contributed by atoms with E-state index in [-0.39, 0.29) is 64.6 Å². The van der Waals surface area contributed by atoms with Gasteiger partial charge in [-0.05, 0) is 48.7 Å². The van der Waals surface area contributed by atoms with E-state index < -0.39 is 23.2 Å². The molecule has 1 atom stereocenters. The van der Waals surface area contributed by atoms with Crippen molar-refractivity contribution in [3.05, 3.63) is 82.8 Å². The first kappa shape index (κ1) is 29.9. The zero-order chi connectivity index (χ0) is 32.0. The number of carbonyl (C=O) groups is 2. The number of aromatic nitrogens is 3. The highest BCUT2D eigenvalue weighted by atomic mass is 19.1. The molecule has 6 rings (SSSR count). The summed E-state index contributed by atoms with van der Waals surface area (Å²) in [5, 5.41) is 6.22. The van der Waals surface area contributed by atoms with Crippen LogP contribution in [0.15, 0.2) is 59.9 Å². The summed E-state index contributed by atoms with van der Waals surface area (Å²) < 4.78 is 33.1. The number of hydrogen-bond acceptors (Lipinski definition) is 7. The van der Waals surface area contributed by atoms with Crippen molar-refractivity contribution in [3.8, 4) is 16.9 Å². The van der Waals surface area contributed by atoms with Gasteiger partial charge in [0.25, 0.3) is 0 Å². The van der Waals surface area contributed by atoms with Crippen molar-refractivity contribution in [2.24, 2.45) is 0 Å². The molecule has 2 amide bonds. The number of carbonyl (C=O) groups excluding carboxylic acids is 2. The second-order valence-corrected chi connectivity index (χ2v) is 11.6. The van der Waals surface area contributed by atoms with Crippen LogP contribution in [-0.2, 0) is 9.59 Å². The Morgan fingerprint density at radius 2 is 1.82 bits per heavy atom. The molecule has 1 fully saturated rings. The van der Waals surface area contributed by atoms with Gasteiger partial charge in [0.2, 0.25) is 11.8 Å². The van der Waals surface area contributed by atoms with Crippen LogP contribution in [0.3, 0.4) is 0 Å². The van der Waals surface area contributed by atoms with Crippen LogP contribution in [0.4, 0.5) is 26.0 Å². The quantitative estimate of drug-likeness (QED) is 0.319. The van der Waals surface area contributed by atoms with Gasteiger partial charge in [0, 0.05) is 38.6 Å². The number of nitrogens with one attached hydrogen (secondary N) is 2. The molecule has 0 unspecified atom stereocenters. The van der Waals surface area contributed by atoms with Crippen LogP contribution >= 0.6 is 0 Å². The molecule has 2 N–H and O–H groups in total. The van der Waals surface area contributed by atoms with E-state index in [9.17, 15) is 14.4 Å². The maximum absolute atomic E-state index is 16.2. The summed E-state index contributed by atoms with van der Waals surface area (Å²) >= 11 is 0. The molecule has 232 valence electrons. The van der Waals surface area contributed by atoms with Crippen molar-refractivity contribution in [1.82, 2.24) is 19.4 Å². The zero-order valence-electron chi connectivity index (χ0n) is 25.2. The van der Waals surface area contributed by atoms with E-state index in [0.29, 0.717) is 31.0 Å². The van der Waals surface area contributed by atoms with Crippen molar-refractivity contribution in [3.63, 3.8) is 0 Å². The average Bonchev–Trinajstić information content (AvgIpc) is 3.01. The summed E-state index contributed by atoms with van der Waals surface area (Å²) in [6.07, 6.45) is 1.28. The Balaban J connectivity index is 1.69. The Morgan fingerprint density at radius 1 is 1.07 bits per heavy atom. The van der Waals surface area contributed by atoms with Crippen LogP contribution < -0.4 is 21.2 Å². The molecule has 2 aliphatic rings. The smallest absolute Gasteiger partial charge is 0.355 e. The SMILES string of the molecule is C=CC(=O)N1CCN(c2nc(=O)n3c4nc(c(F)cc24)-c2c(F)cccc2NC(=O)CCNc2cccc(C(C)C)c2-3)[C@@H](C)C1. The lowest BCUT2D eigenvalue weighted by molar-refractivity contribution is -0.126. The van der Waals surface area contributed by atoms with E-state index >= 15 is 8.78 Å². The second kappa shape index (κ2) is 11.8. The fraction of sp³-hybridized carbons (Fsp3) is 0.303. The molecule has 0 aliphatic carbocycles. The van der Waals surface area contributed by atoms with E-state index in [2.05, 4.69) is 27.2 Å². The number of halogens is 2. The largest absolute Gasteiger partial charge is 0.383 e. The molecule has 2 bridgehead atoms. The predicted octanol–water partition coefficient (Wildman–Crippen LogP) is 4.83. The highest BCUT2D eigenvalue weighted by molar-refractivity contribution is 5.97. The molecule has 1 saturated heterocycles. The normalized spacial score (nSPS) is 16.7. The molecule has 4 heterocycles. The Bertz CT molecular complexity index is 1920. The van der Waals surface area contributed by atoms with Gasteiger partial charge >= 0.3 is 5.69 Å². The monoisotopic (exact) mass is 613 g/mol. The number of amides is 2. The van der Waals surface area contributed by atoms with Crippen LogP contribution in [0.25, 0.3) is 28.0 Å². The third kappa shape index (κ3) is 5.30. The molecule has 2 aliphatic heterocycles. The second-order valence-electron chi connectivity index (χ2n) is 11.6. The lowest BCUT2D eigenvalue weighted by Crippen LogP contribution is -2.54. The Morgan fingerprint density at radius 3 is 2.56 bits per heavy atom. The first-order valence-corrected chi connectivity index (χ1v) is 14.9. The number of hydrogen-bond donors (Lipinski definition) is 2. The minimum Gasteiger partial charge on any atom is -0.383 e. The first-order valence-electron chi connectivity index (χ1n) is 14.9. The number of para-hydroxylation sites is 1. The van der Waals surface area contributed by atoms with Gasteiger partial charge in [0.05, 0.1) is 28.0 Å². The van der Waals surface area contributed by atoms with Gasteiger partial charge in [0.1, 0.15) is 17.3 Å². The van der Waals surface area contributed by atoms with Gasteiger partial charge in [-0.2, -0.15) is 4.98 Å². The van der Waals surface area contributed by atoms with E-state index in [4.69, 9.17) is 0 Å². The fourth-order valence-electron chi connectivity index (χ4n) is 6.11. The molecule has 4 aromatic rings. The third-order valence-electron chi connectivity index (χ3n) is 8.29. The lowest BCUT2D eigenvalue weighted by Gasteiger charge is -2.40. The topological polar surface area (TPSA) is 112 Å². The molecule has 0 saturated carbocycles. The minimum atomic E-state index is -0.852. The number of piperazine rings is 1. The molecule has 0 radical (unpaired) electrons. The van der Waals surface area contributed by atoms with Crippen molar-refractivity contribution >= 4 is 40.0 Å². The van der Waals surface area contributed by atoms with E-state index in [1.165, 1.54) is 34.9 Å². The number of pyridine rings is 1. The van der Waals surface area contributed by atoms with E-state index in [1.807, 2.05) is 37.8 Å². The molecule has 12 heteroatoms. The molecule has 2 aromatic carbocycles. The van der Waals surface area contributed by atoms with Gasteiger partial charge in [-0.25, -0.2) is 23.1 Å². The van der Waals surface area contributed by atoms with Crippen molar-refractivity contribution in [2.45, 2.75) is 39.2 Å². The first-order chi connectivity index (χ1) is 21.6. The third-order valence-corrected chi connectivity index (χ3v) is 8.29. The Hall–Kier alpha value is -5.13. The highest BCUT2D eigenvalue weighted by Gasteiger charge is 2.31. The Labute approximate surface area is 258 Å². The number of anilines is 3. The molecule has 45 heavy (non-hydrogen) atoms. The molecule has 10 nitrogen and oxygen atoms in total. The maximum Gasteiger partial charge on any atom is 0.355 e. The van der Waals surface area contributed by atoms with Crippen molar-refractivity contribution in [1.29, 1.82) is 0 Å². The summed E-state index contributed by atoms with van der Waals surface area (Å²) in [7, 11) is 0. The molecule has 2 aromatic heterocycles. The van der Waals surface area contributed by atoms with Crippen molar-refractivity contribution < 1.29 is 18.4 Å². The van der Waals surface area contributed by atoms with Gasteiger partial charge in [0.15, 0.2) is 11.5 Å². The maximum atomic E-state index is 16.2. The van der Waals surface area contributed by atoms with Crippen LogP contribution in [0.2, 0.25) is 0 Å². The lowest BCUT2D eigenvalue weighted by atomic mass is 9.99. The number of rotatable bonds is 3. The standard InChI is InChI=1S/C33H33F2N7O3/c1-5-27(44)40-14-15-41(19(4)17-40)31-21-16-23(35)29-28-22(34)9-7-10-24(28)37-26(43)12-13-36-25-11-6-8-20(18(2)3)30(25)42(32(21)38-29)33(45)39-31/h5-11,16,18-19,36H,1,12-15,17H2,2-4H3,(H,37,43)/t19-/m0/s1. The minimum absolute atomic E-state index is 0.0223. The molecule has 0 spiro atoms. The Kier molecular flexibility index (Phi) is 7.81. The number of fused-ring (bicyclic) bond motifs is 5. The van der Waals surface area contributed by atoms with Gasteiger partial charge < -0.3 is 20.4 Å². The number of benzene rings is 2. The predicted molar refractivity (Wildman–Crippen MR) is 170 cm³/mol. The fourth-order valence-corrected chi connectivity index (χ4v) is 6.11. The van der Waals surface area contributed by atoms with E-state index in [1.54, 1.807) is 11.0 Å². The summed E-state index contributed by atoms with van der Waals surface area (Å²) in [6.45, 7) is 10.6. The van der Waals surface area contributed by atoms with Crippen LogP contribution in [0.5, 0.6) is 0 Å². The van der Waals surface area contributed by atoms with Gasteiger partial charge in [-0.15, -0.1) is 0 Å². The van der Waals surface area contributed by atoms with E-state index in [0.717, 1.165) is 5.56 Å². The van der Waals surface area contributed by atoms with Gasteiger partial charge in [-0.1, -0.05) is 38.6 Å². The summed E-state index contributed by atoms with van der Waals surface area (Å²) in [5.41, 5.74) is 0.722. The van der Waals surface area contributed by atoms with Crippen LogP contribution in [0, 0.1) is 11.6 Å². The highest BCUT2D eigenvalue weighted by Crippen LogP contribution is 2.38. The summed E-state index contributed by atoms with van der Waals surface area (Å²) in [4.78, 5) is 52.1. The zero-order valence-corrected chi connectivity index (χ0v) is 25.2. The molecular weight excluding hydrogens is 580 g/mol. The van der Waals surface area contributed by atoms with Gasteiger partial charge in [-0.3, -0.25) is 9.59 Å². The van der Waals surface area contributed by atoms with Crippen molar-refractivity contribution in [2.75, 3.05) is 41.7 Å². The summed E-state index contributed by atoms with van der Waals surface area (Å²) in [5.74, 6) is -2.08. The molecular formula is C33H33F2N7O3.